The monoisotopic (exact) mass is 338 g/mol. The van der Waals surface area contributed by atoms with Gasteiger partial charge in [-0.2, -0.15) is 10.0 Å². The van der Waals surface area contributed by atoms with Gasteiger partial charge < -0.3 is 4.42 Å². The van der Waals surface area contributed by atoms with Crippen molar-refractivity contribution >= 4 is 49.0 Å². The summed E-state index contributed by atoms with van der Waals surface area (Å²) >= 11 is 0.769. The van der Waals surface area contributed by atoms with E-state index in [0.29, 0.717) is 5.76 Å². The van der Waals surface area contributed by atoms with E-state index in [9.17, 15) is 13.2 Å². The summed E-state index contributed by atoms with van der Waals surface area (Å²) in [5, 5.41) is 13.1. The summed E-state index contributed by atoms with van der Waals surface area (Å²) in [6.45, 7) is 1.50. The predicted molar refractivity (Wildman–Crippen MR) is 83.2 cm³/mol. The highest BCUT2D eigenvalue weighted by Gasteiger charge is 2.39. The minimum absolute atomic E-state index is 0.0156. The first-order valence-electron chi connectivity index (χ1n) is 6.19. The van der Waals surface area contributed by atoms with Crippen molar-refractivity contribution in [1.29, 1.82) is 5.41 Å². The second kappa shape index (κ2) is 5.21. The third kappa shape index (κ3) is 2.40. The molecule has 2 aliphatic rings. The molecule has 0 atom stereocenters. The van der Waals surface area contributed by atoms with Gasteiger partial charge in [0.15, 0.2) is 5.84 Å². The molecule has 0 aromatic carbocycles. The van der Waals surface area contributed by atoms with Crippen LogP contribution in [-0.2, 0) is 14.6 Å². The van der Waals surface area contributed by atoms with E-state index in [-0.39, 0.29) is 26.7 Å². The zero-order valence-corrected chi connectivity index (χ0v) is 12.9. The Labute approximate surface area is 130 Å². The second-order valence-corrected chi connectivity index (χ2v) is 7.71. The highest BCUT2D eigenvalue weighted by molar-refractivity contribution is 8.42. The first-order valence-corrected chi connectivity index (χ1v) is 8.65. The molecule has 0 unspecified atom stereocenters. The number of nitrogens with one attached hydrogen (secondary N) is 1. The Morgan fingerprint density at radius 2 is 2.27 bits per heavy atom. The predicted octanol–water partition coefficient (Wildman–Crippen LogP) is 1.29. The van der Waals surface area contributed by atoms with E-state index >= 15 is 0 Å². The van der Waals surface area contributed by atoms with Gasteiger partial charge in [0, 0.05) is 0 Å². The average molecular weight is 338 g/mol. The lowest BCUT2D eigenvalue weighted by atomic mass is 10.1. The maximum Gasteiger partial charge on any atom is 0.283 e. The molecule has 1 N–H and O–H groups in total. The molecule has 1 aromatic rings. The number of hydrogen-bond donors (Lipinski definition) is 1. The Bertz CT molecular complexity index is 850. The van der Waals surface area contributed by atoms with E-state index in [4.69, 9.17) is 9.83 Å². The highest BCUT2D eigenvalue weighted by atomic mass is 32.3. The van der Waals surface area contributed by atoms with E-state index in [2.05, 4.69) is 10.1 Å². The van der Waals surface area contributed by atoms with Gasteiger partial charge in [-0.15, -0.1) is 5.10 Å². The number of carbonyl (C=O) groups excluding carboxylic acids is 1. The average Bonchev–Trinajstić information content (AvgIpc) is 3.12. The van der Waals surface area contributed by atoms with Crippen LogP contribution in [0.5, 0.6) is 0 Å². The summed E-state index contributed by atoms with van der Waals surface area (Å²) in [6, 6.07) is 3.27. The lowest BCUT2D eigenvalue weighted by molar-refractivity contribution is -0.114. The van der Waals surface area contributed by atoms with Crippen molar-refractivity contribution in [2.45, 2.75) is 6.92 Å². The number of furan rings is 1. The molecule has 0 spiro atoms. The summed E-state index contributed by atoms with van der Waals surface area (Å²) in [7, 11) is -3.52. The normalized spacial score (nSPS) is 20.2. The Morgan fingerprint density at radius 1 is 1.50 bits per heavy atom. The fraction of sp³-hybridized carbons (Fsp3) is 0.167. The number of amides is 1. The molecule has 0 saturated heterocycles. The van der Waals surface area contributed by atoms with E-state index in [0.717, 1.165) is 16.8 Å². The largest absolute Gasteiger partial charge is 0.465 e. The molecule has 1 aromatic heterocycles. The van der Waals surface area contributed by atoms with Crippen LogP contribution in [0.2, 0.25) is 0 Å². The van der Waals surface area contributed by atoms with Gasteiger partial charge in [0.1, 0.15) is 5.76 Å². The first kappa shape index (κ1) is 14.7. The van der Waals surface area contributed by atoms with E-state index in [1.165, 1.54) is 19.3 Å². The number of aliphatic imine (C=N–C) groups is 1. The number of nitrogens with zero attached hydrogens (tertiary/aromatic N) is 3. The van der Waals surface area contributed by atoms with Crippen molar-refractivity contribution < 1.29 is 17.6 Å². The van der Waals surface area contributed by atoms with Gasteiger partial charge in [0.25, 0.3) is 5.91 Å². The molecule has 0 bridgehead atoms. The van der Waals surface area contributed by atoms with Crippen LogP contribution in [0.25, 0.3) is 6.08 Å². The van der Waals surface area contributed by atoms with Crippen LogP contribution >= 0.6 is 11.8 Å². The SMILES string of the molecule is CCS(=O)(=O)C1=NN2C(=N)/C(=C\c3ccco3)C(=O)N=C2S1. The van der Waals surface area contributed by atoms with Crippen molar-refractivity contribution in [1.82, 2.24) is 5.01 Å². The van der Waals surface area contributed by atoms with Crippen molar-refractivity contribution in [3.05, 3.63) is 29.7 Å². The Morgan fingerprint density at radius 3 is 2.91 bits per heavy atom. The van der Waals surface area contributed by atoms with Crippen LogP contribution in [0.1, 0.15) is 12.7 Å². The molecule has 3 heterocycles. The molecule has 3 rings (SSSR count). The van der Waals surface area contributed by atoms with E-state index in [1.54, 1.807) is 12.1 Å². The molecular weight excluding hydrogens is 328 g/mol. The maximum atomic E-state index is 12.0. The Hall–Kier alpha value is -2.20. The number of carbonyl (C=O) groups is 1. The minimum atomic E-state index is -3.52. The van der Waals surface area contributed by atoms with Crippen molar-refractivity contribution in [2.24, 2.45) is 10.1 Å². The number of rotatable bonds is 2. The number of thioether (sulfide) groups is 1. The van der Waals surface area contributed by atoms with Crippen molar-refractivity contribution in [3.8, 4) is 0 Å². The Balaban J connectivity index is 2.01. The summed E-state index contributed by atoms with van der Waals surface area (Å²) in [5.74, 6) is -0.592. The molecular formula is C12H10N4O4S2. The summed E-state index contributed by atoms with van der Waals surface area (Å²) in [4.78, 5) is 15.8. The molecule has 2 aliphatic heterocycles. The zero-order chi connectivity index (χ0) is 15.9. The standard InChI is InChI=1S/C12H10N4O4S2/c1-2-22(18,19)12-15-16-9(13)8(6-7-4-3-5-20-7)10(17)14-11(16)21-12/h3-6,13H,2H2,1H3/b8-6+,13-9?. The number of fused-ring (bicyclic) bond motifs is 1. The zero-order valence-electron chi connectivity index (χ0n) is 11.3. The number of hydrazone groups is 1. The number of amidine groups is 2. The van der Waals surface area contributed by atoms with Gasteiger partial charge in [-0.1, -0.05) is 6.92 Å². The van der Waals surface area contributed by atoms with Gasteiger partial charge in [0.2, 0.25) is 19.4 Å². The van der Waals surface area contributed by atoms with Crippen LogP contribution in [-0.4, -0.2) is 40.5 Å². The van der Waals surface area contributed by atoms with Crippen LogP contribution in [0.4, 0.5) is 0 Å². The molecule has 114 valence electrons. The van der Waals surface area contributed by atoms with E-state index < -0.39 is 15.7 Å². The quantitative estimate of drug-likeness (QED) is 0.812. The van der Waals surface area contributed by atoms with Crippen LogP contribution in [0, 0.1) is 5.41 Å². The summed E-state index contributed by atoms with van der Waals surface area (Å²) < 4.78 is 28.7. The summed E-state index contributed by atoms with van der Waals surface area (Å²) in [6.07, 6.45) is 2.81. The molecule has 0 fully saturated rings. The van der Waals surface area contributed by atoms with Gasteiger partial charge >= 0.3 is 0 Å². The molecule has 0 aliphatic carbocycles. The molecule has 0 saturated carbocycles. The number of hydrogen-bond acceptors (Lipinski definition) is 7. The minimum Gasteiger partial charge on any atom is -0.465 e. The number of sulfone groups is 1. The third-order valence-electron chi connectivity index (χ3n) is 2.91. The highest BCUT2D eigenvalue weighted by Crippen LogP contribution is 2.30. The molecule has 0 radical (unpaired) electrons. The van der Waals surface area contributed by atoms with Crippen LogP contribution in [0.15, 0.2) is 38.5 Å². The third-order valence-corrected chi connectivity index (χ3v) is 6.00. The molecule has 1 amide bonds. The topological polar surface area (TPSA) is 116 Å². The molecule has 8 nitrogen and oxygen atoms in total. The van der Waals surface area contributed by atoms with Gasteiger partial charge in [-0.05, 0) is 30.0 Å². The van der Waals surface area contributed by atoms with Crippen molar-refractivity contribution in [3.63, 3.8) is 0 Å². The first-order chi connectivity index (χ1) is 10.4. The lowest BCUT2D eigenvalue weighted by Gasteiger charge is -2.19. The second-order valence-electron chi connectivity index (χ2n) is 4.30. The fourth-order valence-corrected chi connectivity index (χ4v) is 3.90. The van der Waals surface area contributed by atoms with Gasteiger partial charge in [0.05, 0.1) is 17.6 Å². The van der Waals surface area contributed by atoms with Crippen LogP contribution in [0.3, 0.4) is 0 Å². The molecule has 22 heavy (non-hydrogen) atoms. The Kier molecular flexibility index (Phi) is 3.49. The molecule has 10 heteroatoms. The van der Waals surface area contributed by atoms with Crippen LogP contribution < -0.4 is 0 Å². The van der Waals surface area contributed by atoms with Crippen molar-refractivity contribution in [2.75, 3.05) is 5.75 Å². The fourth-order valence-electron chi connectivity index (χ4n) is 1.74. The summed E-state index contributed by atoms with van der Waals surface area (Å²) in [5.41, 5.74) is -0.0156. The van der Waals surface area contributed by atoms with E-state index in [1.807, 2.05) is 0 Å². The van der Waals surface area contributed by atoms with Gasteiger partial charge in [-0.25, -0.2) is 8.42 Å². The smallest absolute Gasteiger partial charge is 0.283 e. The lowest BCUT2D eigenvalue weighted by Crippen LogP contribution is -2.35. The van der Waals surface area contributed by atoms with Gasteiger partial charge in [-0.3, -0.25) is 10.2 Å². The maximum absolute atomic E-state index is 12.0.